The number of aliphatic carboxylic acids is 1. The summed E-state index contributed by atoms with van der Waals surface area (Å²) in [5, 5.41) is 9.13. The minimum Gasteiger partial charge on any atom is -0.480 e. The fourth-order valence-electron chi connectivity index (χ4n) is 1.81. The van der Waals surface area contributed by atoms with E-state index in [2.05, 4.69) is 0 Å². The van der Waals surface area contributed by atoms with Crippen LogP contribution >= 0.6 is 0 Å². The molecule has 1 rings (SSSR count). The van der Waals surface area contributed by atoms with Crippen molar-refractivity contribution >= 4 is 21.7 Å². The SMILES string of the molecule is CC[C@H](C(=O)O)N(c1cccc(C)c1)S(C)(=O)=O. The van der Waals surface area contributed by atoms with E-state index in [1.807, 2.05) is 13.0 Å². The summed E-state index contributed by atoms with van der Waals surface area (Å²) >= 11 is 0. The summed E-state index contributed by atoms with van der Waals surface area (Å²) < 4.78 is 24.6. The number of anilines is 1. The van der Waals surface area contributed by atoms with Crippen molar-refractivity contribution in [3.8, 4) is 0 Å². The highest BCUT2D eigenvalue weighted by Crippen LogP contribution is 2.23. The zero-order valence-corrected chi connectivity index (χ0v) is 11.4. The number of carboxylic acid groups (broad SMARTS) is 1. The smallest absolute Gasteiger partial charge is 0.327 e. The first kappa shape index (κ1) is 14.5. The molecule has 0 heterocycles. The van der Waals surface area contributed by atoms with Crippen LogP contribution in [0.15, 0.2) is 24.3 Å². The molecule has 0 spiro atoms. The lowest BCUT2D eigenvalue weighted by Gasteiger charge is -2.28. The van der Waals surface area contributed by atoms with Gasteiger partial charge in [0.25, 0.3) is 0 Å². The largest absolute Gasteiger partial charge is 0.480 e. The van der Waals surface area contributed by atoms with Gasteiger partial charge in [0.2, 0.25) is 10.0 Å². The normalized spacial score (nSPS) is 13.1. The molecule has 100 valence electrons. The molecule has 1 atom stereocenters. The van der Waals surface area contributed by atoms with Crippen molar-refractivity contribution in [3.63, 3.8) is 0 Å². The first-order chi connectivity index (χ1) is 8.27. The number of hydrogen-bond acceptors (Lipinski definition) is 3. The van der Waals surface area contributed by atoms with Crippen LogP contribution in [0.25, 0.3) is 0 Å². The van der Waals surface area contributed by atoms with Gasteiger partial charge in [0.05, 0.1) is 11.9 Å². The van der Waals surface area contributed by atoms with Gasteiger partial charge in [0, 0.05) is 0 Å². The molecule has 0 saturated carbocycles. The first-order valence-corrected chi connectivity index (χ1v) is 7.41. The van der Waals surface area contributed by atoms with Gasteiger partial charge in [0.1, 0.15) is 6.04 Å². The molecule has 1 N–H and O–H groups in total. The number of sulfonamides is 1. The van der Waals surface area contributed by atoms with Gasteiger partial charge < -0.3 is 5.11 Å². The van der Waals surface area contributed by atoms with Crippen LogP contribution in [0.3, 0.4) is 0 Å². The van der Waals surface area contributed by atoms with Gasteiger partial charge in [-0.25, -0.2) is 13.2 Å². The average molecular weight is 271 g/mol. The third-order valence-corrected chi connectivity index (χ3v) is 3.75. The molecule has 0 unspecified atom stereocenters. The number of aryl methyl sites for hydroxylation is 1. The van der Waals surface area contributed by atoms with Crippen LogP contribution < -0.4 is 4.31 Å². The molecule has 0 bridgehead atoms. The molecule has 0 aliphatic carbocycles. The summed E-state index contributed by atoms with van der Waals surface area (Å²) in [4.78, 5) is 11.2. The number of carbonyl (C=O) groups is 1. The van der Waals surface area contributed by atoms with E-state index in [0.717, 1.165) is 16.1 Å². The lowest BCUT2D eigenvalue weighted by molar-refractivity contribution is -0.138. The lowest BCUT2D eigenvalue weighted by Crippen LogP contribution is -2.44. The Kier molecular flexibility index (Phi) is 4.34. The summed E-state index contributed by atoms with van der Waals surface area (Å²) in [5.41, 5.74) is 1.26. The molecular weight excluding hydrogens is 254 g/mol. The van der Waals surface area contributed by atoms with Crippen molar-refractivity contribution in [2.75, 3.05) is 10.6 Å². The summed E-state index contributed by atoms with van der Waals surface area (Å²) in [6.07, 6.45) is 1.22. The van der Waals surface area contributed by atoms with Crippen LogP contribution in [0.5, 0.6) is 0 Å². The van der Waals surface area contributed by atoms with Crippen molar-refractivity contribution in [1.29, 1.82) is 0 Å². The summed E-state index contributed by atoms with van der Waals surface area (Å²) in [5.74, 6) is -1.15. The molecule has 0 aromatic heterocycles. The molecule has 5 nitrogen and oxygen atoms in total. The number of carboxylic acids is 1. The molecule has 0 saturated heterocycles. The highest BCUT2D eigenvalue weighted by molar-refractivity contribution is 7.92. The van der Waals surface area contributed by atoms with Gasteiger partial charge in [-0.2, -0.15) is 0 Å². The second kappa shape index (κ2) is 5.39. The number of rotatable bonds is 5. The van der Waals surface area contributed by atoms with Gasteiger partial charge in [-0.1, -0.05) is 19.1 Å². The zero-order valence-electron chi connectivity index (χ0n) is 10.6. The fourth-order valence-corrected chi connectivity index (χ4v) is 3.01. The quantitative estimate of drug-likeness (QED) is 0.883. The maximum atomic E-state index is 11.8. The van der Waals surface area contributed by atoms with Gasteiger partial charge in [-0.15, -0.1) is 0 Å². The van der Waals surface area contributed by atoms with Crippen molar-refractivity contribution < 1.29 is 18.3 Å². The maximum Gasteiger partial charge on any atom is 0.327 e. The van der Waals surface area contributed by atoms with Gasteiger partial charge in [-0.05, 0) is 31.0 Å². The second-order valence-electron chi connectivity index (χ2n) is 4.16. The second-order valence-corrected chi connectivity index (χ2v) is 6.02. The number of nitrogens with zero attached hydrogens (tertiary/aromatic N) is 1. The third kappa shape index (κ3) is 3.22. The molecule has 1 aromatic carbocycles. The molecular formula is C12H17NO4S. The van der Waals surface area contributed by atoms with Gasteiger partial charge >= 0.3 is 5.97 Å². The Labute approximate surface area is 107 Å². The third-order valence-electron chi connectivity index (χ3n) is 2.57. The van der Waals surface area contributed by atoms with Crippen LogP contribution in [-0.4, -0.2) is 31.8 Å². The van der Waals surface area contributed by atoms with E-state index in [1.165, 1.54) is 0 Å². The van der Waals surface area contributed by atoms with Crippen molar-refractivity contribution in [1.82, 2.24) is 0 Å². The Morgan fingerprint density at radius 2 is 2.06 bits per heavy atom. The van der Waals surface area contributed by atoms with Crippen molar-refractivity contribution in [2.45, 2.75) is 26.3 Å². The van der Waals surface area contributed by atoms with E-state index in [1.54, 1.807) is 25.1 Å². The Morgan fingerprint density at radius 1 is 1.44 bits per heavy atom. The minimum absolute atomic E-state index is 0.205. The van der Waals surface area contributed by atoms with Crippen molar-refractivity contribution in [3.05, 3.63) is 29.8 Å². The van der Waals surface area contributed by atoms with E-state index in [4.69, 9.17) is 5.11 Å². The van der Waals surface area contributed by atoms with Crippen LogP contribution in [0, 0.1) is 6.92 Å². The van der Waals surface area contributed by atoms with Crippen LogP contribution in [-0.2, 0) is 14.8 Å². The van der Waals surface area contributed by atoms with Crippen molar-refractivity contribution in [2.24, 2.45) is 0 Å². The predicted octanol–water partition coefficient (Wildman–Crippen LogP) is 1.62. The number of hydrogen-bond donors (Lipinski definition) is 1. The Bertz CT molecular complexity index is 539. The first-order valence-electron chi connectivity index (χ1n) is 5.56. The molecule has 1 aromatic rings. The minimum atomic E-state index is -3.64. The zero-order chi connectivity index (χ0) is 13.9. The van der Waals surface area contributed by atoms with E-state index >= 15 is 0 Å². The molecule has 6 heteroatoms. The van der Waals surface area contributed by atoms with Crippen LogP contribution in [0.2, 0.25) is 0 Å². The predicted molar refractivity (Wildman–Crippen MR) is 70.2 cm³/mol. The Balaban J connectivity index is 3.35. The lowest BCUT2D eigenvalue weighted by atomic mass is 10.2. The Hall–Kier alpha value is -1.56. The molecule has 0 fully saturated rings. The molecule has 0 radical (unpaired) electrons. The molecule has 18 heavy (non-hydrogen) atoms. The fraction of sp³-hybridized carbons (Fsp3) is 0.417. The van der Waals surface area contributed by atoms with Gasteiger partial charge in [0.15, 0.2) is 0 Å². The Morgan fingerprint density at radius 3 is 2.44 bits per heavy atom. The highest BCUT2D eigenvalue weighted by atomic mass is 32.2. The van der Waals surface area contributed by atoms with E-state index in [0.29, 0.717) is 5.69 Å². The molecule has 0 aliphatic heterocycles. The summed E-state index contributed by atoms with van der Waals surface area (Å²) in [6, 6.07) is 5.71. The van der Waals surface area contributed by atoms with E-state index < -0.39 is 22.0 Å². The topological polar surface area (TPSA) is 74.7 Å². The summed E-state index contributed by atoms with van der Waals surface area (Å²) in [6.45, 7) is 3.47. The number of benzene rings is 1. The van der Waals surface area contributed by atoms with Crippen LogP contribution in [0.1, 0.15) is 18.9 Å². The maximum absolute atomic E-state index is 11.8. The summed E-state index contributed by atoms with van der Waals surface area (Å²) in [7, 11) is -3.64. The van der Waals surface area contributed by atoms with E-state index in [9.17, 15) is 13.2 Å². The van der Waals surface area contributed by atoms with Crippen LogP contribution in [0.4, 0.5) is 5.69 Å². The average Bonchev–Trinajstić information content (AvgIpc) is 2.23. The monoisotopic (exact) mass is 271 g/mol. The highest BCUT2D eigenvalue weighted by Gasteiger charge is 2.31. The standard InChI is InChI=1S/C12H17NO4S/c1-4-11(12(14)15)13(18(3,16)17)10-7-5-6-9(2)8-10/h5-8,11H,4H2,1-3H3,(H,14,15)/t11-/m1/s1. The molecule has 0 aliphatic rings. The van der Waals surface area contributed by atoms with E-state index in [-0.39, 0.29) is 6.42 Å². The molecule has 0 amide bonds. The van der Waals surface area contributed by atoms with Gasteiger partial charge in [-0.3, -0.25) is 4.31 Å².